The van der Waals surface area contributed by atoms with E-state index in [2.05, 4.69) is 0 Å². The number of amides is 1. The highest BCUT2D eigenvalue weighted by Crippen LogP contribution is 2.38. The first kappa shape index (κ1) is 21.0. The molecule has 2 aromatic rings. The van der Waals surface area contributed by atoms with E-state index in [0.717, 1.165) is 12.1 Å². The van der Waals surface area contributed by atoms with Crippen LogP contribution in [-0.2, 0) is 17.4 Å². The van der Waals surface area contributed by atoms with Crippen molar-refractivity contribution in [3.05, 3.63) is 67.8 Å². The number of aryl methyl sites for hydroxylation is 1. The molecule has 0 saturated carbocycles. The molecule has 0 unspecified atom stereocenters. The van der Waals surface area contributed by atoms with Crippen LogP contribution in [0.2, 0.25) is 0 Å². The Bertz CT molecular complexity index is 1020. The second-order valence-electron chi connectivity index (χ2n) is 6.44. The van der Waals surface area contributed by atoms with E-state index in [1.165, 1.54) is 23.1 Å². The quantitative estimate of drug-likeness (QED) is 0.530. The molecule has 12 heteroatoms. The van der Waals surface area contributed by atoms with Crippen molar-refractivity contribution in [2.24, 2.45) is 0 Å². The van der Waals surface area contributed by atoms with Gasteiger partial charge in [0.25, 0.3) is 17.3 Å². The maximum absolute atomic E-state index is 13.2. The Labute approximate surface area is 167 Å². The van der Waals surface area contributed by atoms with Gasteiger partial charge in [0.2, 0.25) is 0 Å². The second kappa shape index (κ2) is 7.97. The number of halogens is 3. The van der Waals surface area contributed by atoms with Crippen molar-refractivity contribution in [2.75, 3.05) is 18.1 Å². The minimum atomic E-state index is -4.92. The lowest BCUT2D eigenvalue weighted by atomic mass is 10.0. The van der Waals surface area contributed by atoms with Gasteiger partial charge in [-0.1, -0.05) is 0 Å². The number of nitro benzene ring substituents is 2. The number of benzene rings is 2. The molecule has 0 atom stereocenters. The van der Waals surface area contributed by atoms with Crippen molar-refractivity contribution in [2.45, 2.75) is 19.0 Å². The molecule has 158 valence electrons. The summed E-state index contributed by atoms with van der Waals surface area (Å²) in [5.41, 5.74) is -1.23. The lowest BCUT2D eigenvalue weighted by Crippen LogP contribution is -2.38. The zero-order valence-corrected chi connectivity index (χ0v) is 15.2. The molecule has 30 heavy (non-hydrogen) atoms. The fourth-order valence-electron chi connectivity index (χ4n) is 3.15. The largest absolute Gasteiger partial charge is 0.483 e. The summed E-state index contributed by atoms with van der Waals surface area (Å²) in [5.74, 6) is -1.35. The van der Waals surface area contributed by atoms with E-state index < -0.39 is 45.5 Å². The maximum atomic E-state index is 13.2. The third kappa shape index (κ3) is 4.31. The van der Waals surface area contributed by atoms with Crippen molar-refractivity contribution in [3.8, 4) is 5.75 Å². The maximum Gasteiger partial charge on any atom is 0.420 e. The topological polar surface area (TPSA) is 116 Å². The van der Waals surface area contributed by atoms with Crippen molar-refractivity contribution in [1.29, 1.82) is 0 Å². The van der Waals surface area contributed by atoms with Gasteiger partial charge in [0.1, 0.15) is 11.3 Å². The molecule has 1 amide bonds. The van der Waals surface area contributed by atoms with Crippen LogP contribution in [0.15, 0.2) is 36.4 Å². The summed E-state index contributed by atoms with van der Waals surface area (Å²) in [6, 6.07) is 6.00. The third-order valence-corrected chi connectivity index (χ3v) is 4.52. The van der Waals surface area contributed by atoms with Crippen LogP contribution in [-0.4, -0.2) is 28.9 Å². The van der Waals surface area contributed by atoms with E-state index in [4.69, 9.17) is 4.74 Å². The first-order valence-corrected chi connectivity index (χ1v) is 8.64. The van der Waals surface area contributed by atoms with Gasteiger partial charge in [0.05, 0.1) is 9.85 Å². The molecule has 0 aromatic heterocycles. The van der Waals surface area contributed by atoms with Gasteiger partial charge >= 0.3 is 6.18 Å². The van der Waals surface area contributed by atoms with Crippen molar-refractivity contribution in [1.82, 2.24) is 0 Å². The highest BCUT2D eigenvalue weighted by atomic mass is 19.4. The number of anilines is 1. The van der Waals surface area contributed by atoms with E-state index in [9.17, 15) is 38.2 Å². The number of alkyl halides is 3. The van der Waals surface area contributed by atoms with Crippen molar-refractivity contribution >= 4 is 23.0 Å². The van der Waals surface area contributed by atoms with Crippen molar-refractivity contribution in [3.63, 3.8) is 0 Å². The average molecular weight is 425 g/mol. The molecule has 2 aromatic carbocycles. The molecule has 9 nitrogen and oxygen atoms in total. The number of nitro groups is 2. The number of ether oxygens (including phenoxy) is 1. The van der Waals surface area contributed by atoms with E-state index in [-0.39, 0.29) is 12.2 Å². The first-order chi connectivity index (χ1) is 14.1. The molecule has 1 aliphatic heterocycles. The lowest BCUT2D eigenvalue weighted by Gasteiger charge is -2.29. The molecule has 0 spiro atoms. The Morgan fingerprint density at radius 2 is 1.70 bits per heavy atom. The lowest BCUT2D eigenvalue weighted by molar-refractivity contribution is -0.385. The van der Waals surface area contributed by atoms with Crippen LogP contribution in [0.1, 0.15) is 17.5 Å². The number of non-ortho nitro benzene ring substituents is 2. The van der Waals surface area contributed by atoms with E-state index in [0.29, 0.717) is 30.2 Å². The van der Waals surface area contributed by atoms with Crippen LogP contribution in [0, 0.1) is 20.2 Å². The fraction of sp³-hybridized carbons (Fsp3) is 0.278. The van der Waals surface area contributed by atoms with Gasteiger partial charge in [-0.2, -0.15) is 13.2 Å². The van der Waals surface area contributed by atoms with E-state index in [1.54, 1.807) is 0 Å². The Hall–Kier alpha value is -3.70. The summed E-state index contributed by atoms with van der Waals surface area (Å²) in [5, 5.41) is 21.7. The molecular formula is C18H14F3N3O6. The fourth-order valence-corrected chi connectivity index (χ4v) is 3.15. The van der Waals surface area contributed by atoms with Crippen LogP contribution in [0.4, 0.5) is 30.2 Å². The molecule has 0 fully saturated rings. The van der Waals surface area contributed by atoms with Gasteiger partial charge < -0.3 is 9.64 Å². The monoisotopic (exact) mass is 425 g/mol. The van der Waals surface area contributed by atoms with Gasteiger partial charge in [-0.05, 0) is 30.5 Å². The predicted octanol–water partition coefficient (Wildman–Crippen LogP) is 3.88. The van der Waals surface area contributed by atoms with Gasteiger partial charge in [-0.25, -0.2) is 0 Å². The molecular weight excluding hydrogens is 411 g/mol. The minimum absolute atomic E-state index is 0.125. The highest BCUT2D eigenvalue weighted by molar-refractivity contribution is 5.95. The molecule has 1 aliphatic rings. The number of hydrogen-bond donors (Lipinski definition) is 0. The van der Waals surface area contributed by atoms with Crippen LogP contribution in [0.3, 0.4) is 0 Å². The molecule has 0 radical (unpaired) electrons. The summed E-state index contributed by atoms with van der Waals surface area (Å²) >= 11 is 0. The molecule has 0 aliphatic carbocycles. The molecule has 1 heterocycles. The molecule has 3 rings (SSSR count). The Kier molecular flexibility index (Phi) is 5.58. The number of nitrogens with zero attached hydrogens (tertiary/aromatic N) is 3. The summed E-state index contributed by atoms with van der Waals surface area (Å²) in [7, 11) is 0. The number of rotatable bonds is 5. The van der Waals surface area contributed by atoms with Crippen LogP contribution in [0.5, 0.6) is 5.75 Å². The average Bonchev–Trinajstić information content (AvgIpc) is 2.70. The minimum Gasteiger partial charge on any atom is -0.483 e. The van der Waals surface area contributed by atoms with Gasteiger partial charge in [0, 0.05) is 36.5 Å². The number of fused-ring (bicyclic) bond motifs is 1. The second-order valence-corrected chi connectivity index (χ2v) is 6.44. The number of hydrogen-bond acceptors (Lipinski definition) is 6. The smallest absolute Gasteiger partial charge is 0.420 e. The van der Waals surface area contributed by atoms with Crippen molar-refractivity contribution < 1.29 is 32.5 Å². The molecule has 0 bridgehead atoms. The van der Waals surface area contributed by atoms with Gasteiger partial charge in [0.15, 0.2) is 6.61 Å². The van der Waals surface area contributed by atoms with E-state index in [1.807, 2.05) is 0 Å². The standard InChI is InChI=1S/C18H14F3N3O6/c19-18(20,21)14-9-13(24(28)29)4-6-16(14)30-10-17(25)22-7-1-2-11-8-12(23(26)27)3-5-15(11)22/h3-6,8-9H,1-2,7,10H2. The zero-order valence-electron chi connectivity index (χ0n) is 15.2. The molecule has 0 N–H and O–H groups in total. The van der Waals surface area contributed by atoms with Gasteiger partial charge in [-0.15, -0.1) is 0 Å². The summed E-state index contributed by atoms with van der Waals surface area (Å²) in [6.45, 7) is -0.462. The van der Waals surface area contributed by atoms with Gasteiger partial charge in [-0.3, -0.25) is 25.0 Å². The number of carbonyl (C=O) groups excluding carboxylic acids is 1. The first-order valence-electron chi connectivity index (χ1n) is 8.64. The zero-order chi connectivity index (χ0) is 22.1. The Morgan fingerprint density at radius 1 is 1.07 bits per heavy atom. The Balaban J connectivity index is 1.80. The third-order valence-electron chi connectivity index (χ3n) is 4.52. The molecule has 0 saturated heterocycles. The van der Waals surface area contributed by atoms with Crippen LogP contribution in [0.25, 0.3) is 0 Å². The van der Waals surface area contributed by atoms with E-state index >= 15 is 0 Å². The normalized spacial score (nSPS) is 13.5. The highest BCUT2D eigenvalue weighted by Gasteiger charge is 2.36. The summed E-state index contributed by atoms with van der Waals surface area (Å²) in [4.78, 5) is 34.0. The van der Waals surface area contributed by atoms with Crippen LogP contribution >= 0.6 is 0 Å². The van der Waals surface area contributed by atoms with Crippen LogP contribution < -0.4 is 9.64 Å². The Morgan fingerprint density at radius 3 is 2.33 bits per heavy atom. The predicted molar refractivity (Wildman–Crippen MR) is 97.4 cm³/mol. The number of carbonyl (C=O) groups is 1. The summed E-state index contributed by atoms with van der Waals surface area (Å²) < 4.78 is 44.7. The summed E-state index contributed by atoms with van der Waals surface area (Å²) in [6.07, 6.45) is -3.88. The SMILES string of the molecule is O=C(COc1ccc([N+](=O)[O-])cc1C(F)(F)F)N1CCCc2cc([N+](=O)[O-])ccc21.